The lowest BCUT2D eigenvalue weighted by molar-refractivity contribution is -0.137. The van der Waals surface area contributed by atoms with Crippen LogP contribution >= 0.6 is 23.2 Å². The van der Waals surface area contributed by atoms with Crippen molar-refractivity contribution in [1.82, 2.24) is 0 Å². The Bertz CT molecular complexity index is 654. The molecule has 0 saturated carbocycles. The van der Waals surface area contributed by atoms with Gasteiger partial charge in [0.15, 0.2) is 0 Å². The fourth-order valence-electron chi connectivity index (χ4n) is 1.89. The number of fused-ring (bicyclic) bond motifs is 1. The molecule has 96 valence electrons. The summed E-state index contributed by atoms with van der Waals surface area (Å²) in [6, 6.07) is 9.00. The van der Waals surface area contributed by atoms with E-state index in [-0.39, 0.29) is 17.2 Å². The molecular formula is C14H9Cl2NO2. The van der Waals surface area contributed by atoms with Gasteiger partial charge in [-0.1, -0.05) is 47.5 Å². The van der Waals surface area contributed by atoms with Crippen molar-refractivity contribution in [3.05, 3.63) is 46.0 Å². The second-order valence-corrected chi connectivity index (χ2v) is 4.51. The van der Waals surface area contributed by atoms with Crippen molar-refractivity contribution in [3.63, 3.8) is 0 Å². The number of allylic oxidation sites excluding steroid dienone is 2. The molecule has 0 radical (unpaired) electrons. The lowest BCUT2D eigenvalue weighted by Gasteiger charge is -2.06. The standard InChI is InChI=1S/C14H9Cl2NO2/c1-2-19-14(18)10(7-17)11-8-5-3-4-6-9(8)12(15)13(11)16/h3-6H,2H2,1H3/b11-10+. The average molecular weight is 294 g/mol. The minimum atomic E-state index is -0.695. The maximum Gasteiger partial charge on any atom is 0.349 e. The van der Waals surface area contributed by atoms with E-state index in [0.717, 1.165) is 0 Å². The van der Waals surface area contributed by atoms with Gasteiger partial charge >= 0.3 is 5.97 Å². The van der Waals surface area contributed by atoms with Crippen LogP contribution in [0.15, 0.2) is 34.9 Å². The number of benzene rings is 1. The van der Waals surface area contributed by atoms with Gasteiger partial charge in [0.05, 0.1) is 16.7 Å². The Balaban J connectivity index is 2.68. The number of carbonyl (C=O) groups excluding carboxylic acids is 1. The number of ether oxygens (including phenoxy) is 1. The van der Waals surface area contributed by atoms with Crippen molar-refractivity contribution in [2.24, 2.45) is 0 Å². The van der Waals surface area contributed by atoms with Gasteiger partial charge in [0.2, 0.25) is 0 Å². The van der Waals surface area contributed by atoms with Gasteiger partial charge in [-0.2, -0.15) is 5.26 Å². The number of rotatable bonds is 2. The Morgan fingerprint density at radius 2 is 1.89 bits per heavy atom. The molecule has 0 fully saturated rings. The molecule has 0 unspecified atom stereocenters. The van der Waals surface area contributed by atoms with Crippen molar-refractivity contribution in [2.75, 3.05) is 6.61 Å². The highest BCUT2D eigenvalue weighted by Gasteiger charge is 2.29. The van der Waals surface area contributed by atoms with E-state index >= 15 is 0 Å². The molecule has 0 amide bonds. The van der Waals surface area contributed by atoms with Gasteiger partial charge in [-0.3, -0.25) is 0 Å². The van der Waals surface area contributed by atoms with Crippen LogP contribution in [-0.4, -0.2) is 12.6 Å². The van der Waals surface area contributed by atoms with E-state index < -0.39 is 5.97 Å². The number of nitriles is 1. The lowest BCUT2D eigenvalue weighted by atomic mass is 10.0. The Morgan fingerprint density at radius 3 is 2.47 bits per heavy atom. The Labute approximate surface area is 120 Å². The van der Waals surface area contributed by atoms with Crippen LogP contribution in [0.4, 0.5) is 0 Å². The Morgan fingerprint density at radius 1 is 1.26 bits per heavy atom. The number of hydrogen-bond acceptors (Lipinski definition) is 3. The van der Waals surface area contributed by atoms with Crippen molar-refractivity contribution in [1.29, 1.82) is 5.26 Å². The first-order valence-corrected chi connectivity index (χ1v) is 6.34. The molecule has 0 saturated heterocycles. The predicted molar refractivity (Wildman–Crippen MR) is 74.2 cm³/mol. The van der Waals surface area contributed by atoms with Crippen LogP contribution in [0, 0.1) is 11.3 Å². The van der Waals surface area contributed by atoms with Crippen LogP contribution in [0.1, 0.15) is 18.1 Å². The van der Waals surface area contributed by atoms with Crippen molar-refractivity contribution in [3.8, 4) is 6.07 Å². The summed E-state index contributed by atoms with van der Waals surface area (Å²) >= 11 is 12.3. The van der Waals surface area contributed by atoms with Gasteiger partial charge in [-0.25, -0.2) is 4.79 Å². The summed E-state index contributed by atoms with van der Waals surface area (Å²) in [6.07, 6.45) is 0. The number of carbonyl (C=O) groups is 1. The molecule has 0 aromatic heterocycles. The van der Waals surface area contributed by atoms with Gasteiger partial charge in [-0.05, 0) is 12.5 Å². The van der Waals surface area contributed by atoms with E-state index in [1.54, 1.807) is 25.1 Å². The van der Waals surface area contributed by atoms with E-state index in [0.29, 0.717) is 21.7 Å². The largest absolute Gasteiger partial charge is 0.462 e. The minimum absolute atomic E-state index is 0.130. The third-order valence-corrected chi connectivity index (χ3v) is 3.55. The smallest absolute Gasteiger partial charge is 0.349 e. The fourth-order valence-corrected chi connectivity index (χ4v) is 2.45. The third-order valence-electron chi connectivity index (χ3n) is 2.69. The normalized spacial score (nSPS) is 15.9. The third kappa shape index (κ3) is 2.25. The highest BCUT2D eigenvalue weighted by molar-refractivity contribution is 6.59. The van der Waals surface area contributed by atoms with Gasteiger partial charge in [0, 0.05) is 11.1 Å². The number of nitrogens with zero attached hydrogens (tertiary/aromatic N) is 1. The van der Waals surface area contributed by atoms with Crippen molar-refractivity contribution in [2.45, 2.75) is 6.92 Å². The van der Waals surface area contributed by atoms with Crippen LogP contribution in [0.5, 0.6) is 0 Å². The van der Waals surface area contributed by atoms with E-state index in [4.69, 9.17) is 27.9 Å². The maximum atomic E-state index is 11.8. The summed E-state index contributed by atoms with van der Waals surface area (Å²) in [5.41, 5.74) is 1.58. The van der Waals surface area contributed by atoms with E-state index in [9.17, 15) is 10.1 Å². The number of esters is 1. The van der Waals surface area contributed by atoms with Gasteiger partial charge in [0.25, 0.3) is 0 Å². The summed E-state index contributed by atoms with van der Waals surface area (Å²) in [5.74, 6) is -0.695. The van der Waals surface area contributed by atoms with Gasteiger partial charge in [-0.15, -0.1) is 0 Å². The van der Waals surface area contributed by atoms with E-state index in [2.05, 4.69) is 0 Å². The van der Waals surface area contributed by atoms with E-state index in [1.165, 1.54) is 0 Å². The maximum absolute atomic E-state index is 11.8. The molecule has 1 aromatic rings. The summed E-state index contributed by atoms with van der Waals surface area (Å²) < 4.78 is 4.86. The quantitative estimate of drug-likeness (QED) is 0.475. The first-order chi connectivity index (χ1) is 9.11. The molecule has 0 atom stereocenters. The van der Waals surface area contributed by atoms with E-state index in [1.807, 2.05) is 12.1 Å². The zero-order valence-corrected chi connectivity index (χ0v) is 11.5. The van der Waals surface area contributed by atoms with Crippen LogP contribution in [0.3, 0.4) is 0 Å². The summed E-state index contributed by atoms with van der Waals surface area (Å²) in [7, 11) is 0. The van der Waals surface area contributed by atoms with Gasteiger partial charge < -0.3 is 4.74 Å². The molecule has 3 nitrogen and oxygen atoms in total. The molecular weight excluding hydrogens is 285 g/mol. The molecule has 1 aliphatic carbocycles. The highest BCUT2D eigenvalue weighted by atomic mass is 35.5. The first-order valence-electron chi connectivity index (χ1n) is 5.58. The molecule has 1 aromatic carbocycles. The number of hydrogen-bond donors (Lipinski definition) is 0. The Hall–Kier alpha value is -1.76. The summed E-state index contributed by atoms with van der Waals surface area (Å²) in [5, 5.41) is 9.72. The second-order valence-electron chi connectivity index (χ2n) is 3.76. The molecule has 0 spiro atoms. The van der Waals surface area contributed by atoms with Crippen LogP contribution in [-0.2, 0) is 9.53 Å². The molecule has 0 heterocycles. The molecule has 1 aliphatic rings. The minimum Gasteiger partial charge on any atom is -0.462 e. The first kappa shape index (κ1) is 13.7. The van der Waals surface area contributed by atoms with Gasteiger partial charge in [0.1, 0.15) is 11.6 Å². The zero-order chi connectivity index (χ0) is 14.0. The summed E-state index contributed by atoms with van der Waals surface area (Å²) in [4.78, 5) is 11.8. The second kappa shape index (κ2) is 5.48. The average Bonchev–Trinajstić information content (AvgIpc) is 2.66. The molecule has 0 bridgehead atoms. The lowest BCUT2D eigenvalue weighted by Crippen LogP contribution is -2.08. The number of halogens is 2. The predicted octanol–water partition coefficient (Wildman–Crippen LogP) is 3.69. The molecule has 0 aliphatic heterocycles. The molecule has 0 N–H and O–H groups in total. The molecule has 2 rings (SSSR count). The topological polar surface area (TPSA) is 50.1 Å². The van der Waals surface area contributed by atoms with Crippen LogP contribution in [0.25, 0.3) is 10.6 Å². The Kier molecular flexibility index (Phi) is 3.94. The monoisotopic (exact) mass is 293 g/mol. The zero-order valence-electron chi connectivity index (χ0n) is 10.0. The molecule has 19 heavy (non-hydrogen) atoms. The van der Waals surface area contributed by atoms with Crippen LogP contribution in [0.2, 0.25) is 0 Å². The SMILES string of the molecule is CCOC(=O)/C(C#N)=C1/C(Cl)=C(Cl)c2ccccc21. The van der Waals surface area contributed by atoms with Crippen LogP contribution < -0.4 is 0 Å². The van der Waals surface area contributed by atoms with Crippen molar-refractivity contribution < 1.29 is 9.53 Å². The van der Waals surface area contributed by atoms with Crippen molar-refractivity contribution >= 4 is 39.8 Å². The summed E-state index contributed by atoms with van der Waals surface area (Å²) in [6.45, 7) is 1.86. The molecule has 5 heteroatoms. The highest BCUT2D eigenvalue weighted by Crippen LogP contribution is 2.46. The fraction of sp³-hybridized carbons (Fsp3) is 0.143.